The Hall–Kier alpha value is -0.240. The molecule has 0 aromatic carbocycles. The van der Waals surface area contributed by atoms with Gasteiger partial charge in [0.25, 0.3) is 0 Å². The Balaban J connectivity index is 0.00000144. The van der Waals surface area contributed by atoms with Crippen LogP contribution in [-0.4, -0.2) is 50.5 Å². The second-order valence-electron chi connectivity index (χ2n) is 4.36. The number of nitrogens with zero attached hydrogens (tertiary/aromatic N) is 1. The summed E-state index contributed by atoms with van der Waals surface area (Å²) in [5, 5.41) is 11.3. The largest absolute Gasteiger partial charge is 1.00 e. The number of carboxylic acid groups (broad SMARTS) is 1. The fraction of sp³-hybridized carbons (Fsp3) is 0.667. The van der Waals surface area contributed by atoms with Crippen molar-refractivity contribution in [1.29, 1.82) is 0 Å². The third-order valence-corrected chi connectivity index (χ3v) is 4.49. The van der Waals surface area contributed by atoms with E-state index < -0.39 is 22.8 Å². The van der Waals surface area contributed by atoms with Crippen LogP contribution >= 0.6 is 11.8 Å². The number of hydrogen-bond donors (Lipinski definition) is 2. The Bertz CT molecular complexity index is 382. The van der Waals surface area contributed by atoms with Crippen molar-refractivity contribution in [3.05, 3.63) is 0 Å². The first-order valence-electron chi connectivity index (χ1n) is 4.82. The smallest absolute Gasteiger partial charge is 1.00 e. The summed E-state index contributed by atoms with van der Waals surface area (Å²) < 4.78 is -0.536. The zero-order valence-corrected chi connectivity index (χ0v) is 12.7. The van der Waals surface area contributed by atoms with E-state index in [9.17, 15) is 14.4 Å². The summed E-state index contributed by atoms with van der Waals surface area (Å²) in [5.74, 6) is -1.32. The van der Waals surface area contributed by atoms with E-state index in [0.29, 0.717) is 6.41 Å². The van der Waals surface area contributed by atoms with Crippen LogP contribution in [0.3, 0.4) is 0 Å². The number of hydrogen-bond acceptors (Lipinski definition) is 4. The molecule has 90 valence electrons. The molecule has 0 aromatic heterocycles. The van der Waals surface area contributed by atoms with E-state index in [1.807, 2.05) is 0 Å². The average Bonchev–Trinajstić information content (AvgIpc) is 2.43. The molecule has 2 aliphatic heterocycles. The van der Waals surface area contributed by atoms with E-state index in [1.165, 1.54) is 16.7 Å². The van der Waals surface area contributed by atoms with E-state index >= 15 is 0 Å². The van der Waals surface area contributed by atoms with Crippen molar-refractivity contribution in [3.63, 3.8) is 0 Å². The topological polar surface area (TPSA) is 86.7 Å². The Morgan fingerprint density at radius 3 is 2.71 bits per heavy atom. The summed E-state index contributed by atoms with van der Waals surface area (Å²) in [6.45, 7) is 3.58. The average molecular weight is 268 g/mol. The summed E-state index contributed by atoms with van der Waals surface area (Å²) in [7, 11) is 0. The van der Waals surface area contributed by atoms with Gasteiger partial charge in [0.2, 0.25) is 12.3 Å². The van der Waals surface area contributed by atoms with Crippen molar-refractivity contribution in [2.24, 2.45) is 0 Å². The van der Waals surface area contributed by atoms with Crippen molar-refractivity contribution < 1.29 is 50.5 Å². The summed E-state index contributed by atoms with van der Waals surface area (Å²) in [4.78, 5) is 34.4. The molecule has 0 spiro atoms. The van der Waals surface area contributed by atoms with Gasteiger partial charge in [0, 0.05) is 4.75 Å². The number of nitrogens with one attached hydrogen (secondary N) is 1. The van der Waals surface area contributed by atoms with Gasteiger partial charge in [-0.1, -0.05) is 0 Å². The minimum Gasteiger partial charge on any atom is -1.00 e. The van der Waals surface area contributed by atoms with Crippen molar-refractivity contribution >= 4 is 30.0 Å². The maximum absolute atomic E-state index is 11.7. The zero-order valence-electron chi connectivity index (χ0n) is 10.8. The predicted octanol–water partition coefficient (Wildman–Crippen LogP) is -3.64. The molecule has 2 saturated heterocycles. The van der Waals surface area contributed by atoms with E-state index in [1.54, 1.807) is 13.8 Å². The fourth-order valence-electron chi connectivity index (χ4n) is 2.24. The standard InChI is InChI=1S/C9H12N2O4S.Na.H/c1-9(2)5(8(14)15)11-6(13)4(10-3-12)7(11)16-9;;/h3-5,7H,1-2H3,(H,10,12)(H,14,15);;/q;+1;-1/t4-,5-,7+;;/m0../s1. The molecule has 0 unspecified atom stereocenters. The number of thioether (sulfide) groups is 1. The third-order valence-electron chi connectivity index (χ3n) is 2.92. The predicted molar refractivity (Wildman–Crippen MR) is 57.8 cm³/mol. The number of fused-ring (bicyclic) bond motifs is 1. The number of aliphatic carboxylic acids is 1. The summed E-state index contributed by atoms with van der Waals surface area (Å²) in [6.07, 6.45) is 0.474. The van der Waals surface area contributed by atoms with Crippen LogP contribution in [0.2, 0.25) is 0 Å². The molecule has 0 radical (unpaired) electrons. The molecule has 6 nitrogen and oxygen atoms in total. The maximum Gasteiger partial charge on any atom is 1.00 e. The number of amides is 2. The molecule has 0 saturated carbocycles. The molecule has 2 amide bonds. The van der Waals surface area contributed by atoms with Crippen LogP contribution in [0, 0.1) is 0 Å². The summed E-state index contributed by atoms with van der Waals surface area (Å²) >= 11 is 1.41. The number of carboxylic acids is 1. The van der Waals surface area contributed by atoms with E-state index in [4.69, 9.17) is 5.11 Å². The summed E-state index contributed by atoms with van der Waals surface area (Å²) in [6, 6.07) is -1.40. The Morgan fingerprint density at radius 1 is 1.65 bits per heavy atom. The summed E-state index contributed by atoms with van der Waals surface area (Å²) in [5.41, 5.74) is 0. The fourth-order valence-corrected chi connectivity index (χ4v) is 3.88. The molecule has 2 aliphatic rings. The molecular formula is C9H13N2NaO4S. The molecule has 2 fully saturated rings. The van der Waals surface area contributed by atoms with Crippen LogP contribution in [0.4, 0.5) is 0 Å². The van der Waals surface area contributed by atoms with Crippen LogP contribution in [0.5, 0.6) is 0 Å². The van der Waals surface area contributed by atoms with Crippen molar-refractivity contribution in [1.82, 2.24) is 10.2 Å². The van der Waals surface area contributed by atoms with Crippen LogP contribution in [0.25, 0.3) is 0 Å². The van der Waals surface area contributed by atoms with Crippen LogP contribution in [0.15, 0.2) is 0 Å². The first-order valence-corrected chi connectivity index (χ1v) is 5.70. The quantitative estimate of drug-likeness (QED) is 0.313. The molecule has 0 aromatic rings. The van der Waals surface area contributed by atoms with Crippen molar-refractivity contribution in [3.8, 4) is 0 Å². The first-order chi connectivity index (χ1) is 7.40. The van der Waals surface area contributed by atoms with Gasteiger partial charge < -0.3 is 16.7 Å². The molecule has 2 N–H and O–H groups in total. The Morgan fingerprint density at radius 2 is 2.24 bits per heavy atom. The molecule has 8 heteroatoms. The zero-order chi connectivity index (χ0) is 12.1. The second-order valence-corrected chi connectivity index (χ2v) is 6.13. The van der Waals surface area contributed by atoms with Gasteiger partial charge in [-0.25, -0.2) is 4.79 Å². The molecule has 17 heavy (non-hydrogen) atoms. The Kier molecular flexibility index (Phi) is 4.18. The van der Waals surface area contributed by atoms with E-state index in [2.05, 4.69) is 5.32 Å². The van der Waals surface area contributed by atoms with Gasteiger partial charge in [-0.3, -0.25) is 9.59 Å². The van der Waals surface area contributed by atoms with Crippen molar-refractivity contribution in [2.45, 2.75) is 36.1 Å². The number of β-lactam (4-membered cyclic amide) rings is 1. The molecule has 0 aliphatic carbocycles. The van der Waals surface area contributed by atoms with Gasteiger partial charge in [0.05, 0.1) is 0 Å². The minimum atomic E-state index is -1.00. The minimum absolute atomic E-state index is 0. The van der Waals surface area contributed by atoms with E-state index in [-0.39, 0.29) is 42.3 Å². The van der Waals surface area contributed by atoms with Gasteiger partial charge in [-0.05, 0) is 13.8 Å². The molecule has 0 bridgehead atoms. The van der Waals surface area contributed by atoms with Crippen molar-refractivity contribution in [2.75, 3.05) is 0 Å². The van der Waals surface area contributed by atoms with E-state index in [0.717, 1.165) is 0 Å². The SMILES string of the molecule is CC1(C)S[C@@H]2[C@@H](NC=O)C(=O)N2[C@H]1C(=O)O.[H-].[Na+]. The monoisotopic (exact) mass is 268 g/mol. The van der Waals surface area contributed by atoms with Gasteiger partial charge in [0.15, 0.2) is 0 Å². The van der Waals surface area contributed by atoms with Crippen LogP contribution < -0.4 is 34.9 Å². The van der Waals surface area contributed by atoms with Crippen LogP contribution in [0.1, 0.15) is 15.3 Å². The molecular weight excluding hydrogens is 255 g/mol. The molecule has 2 heterocycles. The van der Waals surface area contributed by atoms with Gasteiger partial charge in [-0.15, -0.1) is 11.8 Å². The third kappa shape index (κ3) is 2.09. The number of rotatable bonds is 3. The second kappa shape index (κ2) is 4.79. The maximum atomic E-state index is 11.7. The molecule has 2 rings (SSSR count). The normalized spacial score (nSPS) is 33.2. The first kappa shape index (κ1) is 14.8. The number of carbonyl (C=O) groups is 3. The van der Waals surface area contributed by atoms with Gasteiger partial charge in [0.1, 0.15) is 17.5 Å². The number of carbonyl (C=O) groups excluding carboxylic acids is 2. The molecule has 3 atom stereocenters. The van der Waals surface area contributed by atoms with Gasteiger partial charge >= 0.3 is 35.5 Å². The van der Waals surface area contributed by atoms with Crippen LogP contribution in [-0.2, 0) is 14.4 Å². The Labute approximate surface area is 126 Å². The van der Waals surface area contributed by atoms with Gasteiger partial charge in [-0.2, -0.15) is 0 Å².